The van der Waals surface area contributed by atoms with Crippen molar-refractivity contribution in [3.05, 3.63) is 88.5 Å². The first-order chi connectivity index (χ1) is 24.6. The molecule has 2 saturated carbocycles. The normalized spacial score (nSPS) is 24.9. The number of hydrogen-bond acceptors (Lipinski definition) is 5. The number of nitrogens with zero attached hydrogens (tertiary/aromatic N) is 4. The van der Waals surface area contributed by atoms with Gasteiger partial charge in [0, 0.05) is 49.6 Å². The van der Waals surface area contributed by atoms with Crippen LogP contribution in [0.2, 0.25) is 0 Å². The molecular formula is C39H44F4N4O5. The van der Waals surface area contributed by atoms with Crippen LogP contribution in [0.3, 0.4) is 0 Å². The number of rotatable bonds is 10. The van der Waals surface area contributed by atoms with E-state index in [1.165, 1.54) is 18.3 Å². The lowest BCUT2D eigenvalue weighted by Crippen LogP contribution is -2.63. The van der Waals surface area contributed by atoms with Crippen molar-refractivity contribution in [2.45, 2.75) is 71.2 Å². The van der Waals surface area contributed by atoms with E-state index in [0.717, 1.165) is 12.0 Å². The summed E-state index contributed by atoms with van der Waals surface area (Å²) < 4.78 is 61.1. The summed E-state index contributed by atoms with van der Waals surface area (Å²) in [6, 6.07) is 11.2. The van der Waals surface area contributed by atoms with E-state index in [4.69, 9.17) is 4.74 Å². The lowest BCUT2D eigenvalue weighted by molar-refractivity contribution is -0.182. The molecule has 4 fully saturated rings. The fourth-order valence-electron chi connectivity index (χ4n) is 8.66. The lowest BCUT2D eigenvalue weighted by atomic mass is 9.71. The van der Waals surface area contributed by atoms with E-state index >= 15 is 0 Å². The Hall–Kier alpha value is -4.26. The van der Waals surface area contributed by atoms with Crippen LogP contribution in [0.15, 0.2) is 54.9 Å². The largest absolute Gasteiger partial charge is 0.478 e. The smallest absolute Gasteiger partial charge is 0.391 e. The maximum absolute atomic E-state index is 13.8. The van der Waals surface area contributed by atoms with Crippen molar-refractivity contribution in [1.29, 1.82) is 0 Å². The van der Waals surface area contributed by atoms with E-state index in [1.807, 2.05) is 4.90 Å². The Labute approximate surface area is 299 Å². The van der Waals surface area contributed by atoms with Gasteiger partial charge in [-0.1, -0.05) is 44.2 Å². The highest BCUT2D eigenvalue weighted by Crippen LogP contribution is 2.55. The molecule has 2 amide bonds. The number of alkyl halides is 3. The summed E-state index contributed by atoms with van der Waals surface area (Å²) >= 11 is 0. The number of amides is 2. The Morgan fingerprint density at radius 2 is 1.65 bits per heavy atom. The van der Waals surface area contributed by atoms with Crippen molar-refractivity contribution in [3.63, 3.8) is 0 Å². The topological polar surface area (TPSA) is 105 Å². The van der Waals surface area contributed by atoms with Crippen LogP contribution in [0, 0.1) is 34.4 Å². The molecule has 1 aromatic heterocycles. The first kappa shape index (κ1) is 36.1. The number of halogens is 4. The third-order valence-electron chi connectivity index (χ3n) is 12.0. The SMILES string of the molecule is CC1(C)C[C@@H]1C(=O)N1CC2(CN(C(=O)c3cnn(Cc4ccc(F)cc4)c3)CC2COCc2cccc(C3CCC(C(F)(F)F)CC3)c2C(=O)O)C1. The van der Waals surface area contributed by atoms with Gasteiger partial charge in [0.15, 0.2) is 0 Å². The first-order valence-electron chi connectivity index (χ1n) is 18.0. The summed E-state index contributed by atoms with van der Waals surface area (Å²) in [6.07, 6.45) is 0.264. The zero-order valence-electron chi connectivity index (χ0n) is 29.4. The van der Waals surface area contributed by atoms with Gasteiger partial charge < -0.3 is 19.6 Å². The van der Waals surface area contributed by atoms with Gasteiger partial charge in [0.2, 0.25) is 5.91 Å². The van der Waals surface area contributed by atoms with Gasteiger partial charge in [0.05, 0.1) is 43.0 Å². The van der Waals surface area contributed by atoms with Crippen LogP contribution >= 0.6 is 0 Å². The third kappa shape index (κ3) is 7.20. The van der Waals surface area contributed by atoms with Crippen molar-refractivity contribution in [1.82, 2.24) is 19.6 Å². The van der Waals surface area contributed by atoms with Crippen molar-refractivity contribution < 1.29 is 41.8 Å². The molecule has 4 aliphatic rings. The number of aromatic carboxylic acids is 1. The number of carbonyl (C=O) groups excluding carboxylic acids is 2. The maximum atomic E-state index is 13.8. The molecule has 0 bridgehead atoms. The Morgan fingerprint density at radius 3 is 2.29 bits per heavy atom. The molecule has 7 rings (SSSR count). The third-order valence-corrected chi connectivity index (χ3v) is 12.0. The molecule has 0 radical (unpaired) electrons. The van der Waals surface area contributed by atoms with Crippen LogP contribution in [0.25, 0.3) is 0 Å². The first-order valence-corrected chi connectivity index (χ1v) is 18.0. The average Bonchev–Trinajstić information content (AvgIpc) is 3.37. The number of carboxylic acid groups (broad SMARTS) is 1. The predicted molar refractivity (Wildman–Crippen MR) is 182 cm³/mol. The highest BCUT2D eigenvalue weighted by Gasteiger charge is 2.60. The molecule has 2 aliphatic carbocycles. The molecule has 1 N–H and O–H groups in total. The molecule has 3 aromatic rings. The van der Waals surface area contributed by atoms with Crippen LogP contribution in [-0.4, -0.2) is 81.4 Å². The van der Waals surface area contributed by atoms with Gasteiger partial charge in [-0.2, -0.15) is 18.3 Å². The summed E-state index contributed by atoms with van der Waals surface area (Å²) in [7, 11) is 0. The number of aromatic nitrogens is 2. The second-order valence-corrected chi connectivity index (χ2v) is 16.0. The molecule has 3 heterocycles. The van der Waals surface area contributed by atoms with E-state index in [0.29, 0.717) is 49.4 Å². The van der Waals surface area contributed by atoms with Crippen molar-refractivity contribution in [2.24, 2.45) is 28.6 Å². The second-order valence-electron chi connectivity index (χ2n) is 16.0. The van der Waals surface area contributed by atoms with Crippen LogP contribution in [0.4, 0.5) is 17.6 Å². The lowest BCUT2D eigenvalue weighted by Gasteiger charge is -2.51. The standard InChI is InChI=1S/C39H44F4N4O5/c1-37(2)14-32(37)35(49)46-22-38(23-46)21-45(34(48)27-15-44-47(17-27)16-24-6-12-30(40)13-7-24)18-29(38)20-52-19-26-4-3-5-31(33(26)36(50)51)25-8-10-28(11-9-25)39(41,42)43/h3-7,12-13,15,17,25,28-29,32H,8-11,14,16,18-23H2,1-2H3,(H,50,51)/t25?,28?,29?,32-/m1/s1. The molecule has 52 heavy (non-hydrogen) atoms. The molecule has 2 aliphatic heterocycles. The molecule has 2 aromatic carbocycles. The Kier molecular flexibility index (Phi) is 9.46. The van der Waals surface area contributed by atoms with Crippen molar-refractivity contribution in [3.8, 4) is 0 Å². The zero-order valence-corrected chi connectivity index (χ0v) is 29.4. The van der Waals surface area contributed by atoms with Gasteiger partial charge in [-0.15, -0.1) is 0 Å². The van der Waals surface area contributed by atoms with Gasteiger partial charge in [-0.25, -0.2) is 9.18 Å². The fourth-order valence-corrected chi connectivity index (χ4v) is 8.66. The summed E-state index contributed by atoms with van der Waals surface area (Å²) in [4.78, 5) is 43.2. The molecule has 2 saturated heterocycles. The zero-order chi connectivity index (χ0) is 37.0. The van der Waals surface area contributed by atoms with Gasteiger partial charge in [0.25, 0.3) is 5.91 Å². The minimum Gasteiger partial charge on any atom is -0.478 e. The Balaban J connectivity index is 1.04. The monoisotopic (exact) mass is 724 g/mol. The number of benzene rings is 2. The minimum absolute atomic E-state index is 0.00383. The van der Waals surface area contributed by atoms with E-state index in [9.17, 15) is 37.1 Å². The average molecular weight is 725 g/mol. The Morgan fingerprint density at radius 1 is 0.981 bits per heavy atom. The van der Waals surface area contributed by atoms with Crippen molar-refractivity contribution in [2.75, 3.05) is 32.8 Å². The van der Waals surface area contributed by atoms with E-state index in [1.54, 1.807) is 46.1 Å². The van der Waals surface area contributed by atoms with E-state index in [2.05, 4.69) is 18.9 Å². The molecule has 1 spiro atoms. The molecule has 278 valence electrons. The van der Waals surface area contributed by atoms with Crippen molar-refractivity contribution >= 4 is 17.8 Å². The summed E-state index contributed by atoms with van der Waals surface area (Å²) in [5.41, 5.74) is 1.94. The molecule has 2 atom stereocenters. The van der Waals surface area contributed by atoms with E-state index < -0.39 is 18.1 Å². The van der Waals surface area contributed by atoms with Crippen LogP contribution in [0.5, 0.6) is 0 Å². The quantitative estimate of drug-likeness (QED) is 0.232. The number of carbonyl (C=O) groups is 3. The number of likely N-dealkylation sites (tertiary alicyclic amines) is 2. The molecule has 1 unspecified atom stereocenters. The molecule has 13 heteroatoms. The molecular weight excluding hydrogens is 680 g/mol. The van der Waals surface area contributed by atoms with E-state index in [-0.39, 0.29) is 90.7 Å². The van der Waals surface area contributed by atoms with Gasteiger partial charge >= 0.3 is 12.1 Å². The highest BCUT2D eigenvalue weighted by molar-refractivity contribution is 5.94. The highest BCUT2D eigenvalue weighted by atomic mass is 19.4. The number of ether oxygens (including phenoxy) is 1. The van der Waals surface area contributed by atoms with Crippen LogP contribution < -0.4 is 0 Å². The van der Waals surface area contributed by atoms with Crippen LogP contribution in [-0.2, 0) is 22.7 Å². The number of carboxylic acids is 1. The summed E-state index contributed by atoms with van der Waals surface area (Å²) in [5.74, 6) is -3.31. The number of hydrogen-bond donors (Lipinski definition) is 1. The maximum Gasteiger partial charge on any atom is 0.391 e. The fraction of sp³-hybridized carbons (Fsp3) is 0.538. The second kappa shape index (κ2) is 13.6. The minimum atomic E-state index is -4.25. The van der Waals surface area contributed by atoms with Crippen LogP contribution in [0.1, 0.15) is 89.3 Å². The molecule has 9 nitrogen and oxygen atoms in total. The summed E-state index contributed by atoms with van der Waals surface area (Å²) in [5, 5.41) is 14.6. The van der Waals surface area contributed by atoms with Gasteiger partial charge in [0.1, 0.15) is 5.82 Å². The summed E-state index contributed by atoms with van der Waals surface area (Å²) in [6.45, 7) is 6.56. The van der Waals surface area contributed by atoms with Gasteiger partial charge in [-0.3, -0.25) is 14.3 Å². The Bertz CT molecular complexity index is 1830. The van der Waals surface area contributed by atoms with Gasteiger partial charge in [-0.05, 0) is 72.3 Å². The predicted octanol–water partition coefficient (Wildman–Crippen LogP) is 6.77.